The average molecular weight is 602 g/mol. The van der Waals surface area contributed by atoms with Crippen LogP contribution < -0.4 is 4.74 Å². The van der Waals surface area contributed by atoms with Gasteiger partial charge < -0.3 is 0 Å². The molecule has 1 saturated carbocycles. The Labute approximate surface area is 261 Å². The monoisotopic (exact) mass is 601 g/mol. The number of aromatic nitrogens is 4. The molecule has 0 bridgehead atoms. The zero-order valence-electron chi connectivity index (χ0n) is 26.1. The van der Waals surface area contributed by atoms with Crippen molar-refractivity contribution >= 4 is 32.5 Å². The molecule has 0 N–H and O–H groups in total. The number of hydrogen-bond donors (Lipinski definition) is 0. The summed E-state index contributed by atoms with van der Waals surface area (Å²) < 4.78 is 14.8. The summed E-state index contributed by atoms with van der Waals surface area (Å²) in [5.41, 5.74) is 9.58. The van der Waals surface area contributed by atoms with Crippen LogP contribution in [0.4, 0.5) is 0 Å². The Kier molecular flexibility index (Phi) is 7.67. The molecule has 4 heterocycles. The summed E-state index contributed by atoms with van der Waals surface area (Å²) in [7, 11) is 0.390. The second kappa shape index (κ2) is 11.6. The first-order valence-corrected chi connectivity index (χ1v) is 19.4. The second-order valence-electron chi connectivity index (χ2n) is 13.5. The molecule has 2 aromatic heterocycles. The van der Waals surface area contributed by atoms with E-state index >= 15 is 0 Å². The van der Waals surface area contributed by atoms with E-state index in [0.717, 1.165) is 78.7 Å². The quantitative estimate of drug-likeness (QED) is 0.189. The summed E-state index contributed by atoms with van der Waals surface area (Å²) >= 11 is 0. The van der Waals surface area contributed by atoms with Crippen LogP contribution in [0.15, 0.2) is 54.9 Å². The normalized spacial score (nSPS) is 21.0. The molecule has 1 unspecified atom stereocenters. The van der Waals surface area contributed by atoms with Crippen molar-refractivity contribution in [1.29, 1.82) is 0 Å². The number of piperidine rings is 1. The zero-order chi connectivity index (χ0) is 30.3. The molecule has 7 nitrogen and oxygen atoms in total. The van der Waals surface area contributed by atoms with E-state index in [4.69, 9.17) is 19.6 Å². The average Bonchev–Trinajstić information content (AvgIpc) is 3.72. The topological polar surface area (TPSA) is 65.3 Å². The van der Waals surface area contributed by atoms with Gasteiger partial charge in [-0.15, -0.1) is 5.54 Å². The van der Waals surface area contributed by atoms with Gasteiger partial charge in [-0.3, -0.25) is 0 Å². The maximum absolute atomic E-state index is 6.59. The van der Waals surface area contributed by atoms with Crippen molar-refractivity contribution in [2.24, 2.45) is 5.41 Å². The summed E-state index contributed by atoms with van der Waals surface area (Å²) in [6.45, 7) is 13.4. The third-order valence-electron chi connectivity index (χ3n) is 9.19. The van der Waals surface area contributed by atoms with Gasteiger partial charge in [0.25, 0.3) is 0 Å². The molecule has 2 atom stereocenters. The minimum atomic E-state index is -1.53. The van der Waals surface area contributed by atoms with Crippen molar-refractivity contribution in [2.75, 3.05) is 19.7 Å². The molecule has 7 rings (SSSR count). The summed E-state index contributed by atoms with van der Waals surface area (Å²) in [6.07, 6.45) is 10.2. The maximum atomic E-state index is 6.59. The predicted molar refractivity (Wildman–Crippen MR) is 180 cm³/mol. The van der Waals surface area contributed by atoms with Crippen LogP contribution in [0.5, 0.6) is 5.88 Å². The fraction of sp³-hybridized carbons (Fsp3) is 0.429. The molecule has 3 aliphatic rings. The second-order valence-corrected chi connectivity index (χ2v) is 18.3. The molecular weight excluding hydrogens is 561 g/mol. The van der Waals surface area contributed by atoms with Gasteiger partial charge in [-0.05, 0) is 18.9 Å². The van der Waals surface area contributed by atoms with Gasteiger partial charge in [0.05, 0.1) is 0 Å². The molecule has 0 amide bonds. The van der Waals surface area contributed by atoms with Gasteiger partial charge in [0.1, 0.15) is 8.07 Å². The number of benzene rings is 2. The van der Waals surface area contributed by atoms with E-state index in [-0.39, 0.29) is 17.7 Å². The van der Waals surface area contributed by atoms with Crippen LogP contribution in [-0.2, 0) is 4.74 Å². The van der Waals surface area contributed by atoms with Gasteiger partial charge in [0.2, 0.25) is 0 Å². The molecule has 1 aliphatic carbocycles. The van der Waals surface area contributed by atoms with Crippen LogP contribution in [0.1, 0.15) is 50.3 Å². The van der Waals surface area contributed by atoms with Crippen LogP contribution in [0.2, 0.25) is 19.6 Å². The molecule has 2 saturated heterocycles. The summed E-state index contributed by atoms with van der Waals surface area (Å²) in [4.78, 5) is 11.8. The Morgan fingerprint density at radius 1 is 1.09 bits per heavy atom. The summed E-state index contributed by atoms with van der Waals surface area (Å²) in [5.74, 6) is 4.04. The van der Waals surface area contributed by atoms with Crippen molar-refractivity contribution in [3.63, 3.8) is 0 Å². The fourth-order valence-corrected chi connectivity index (χ4v) is 6.99. The fourth-order valence-electron chi connectivity index (χ4n) is 6.48. The SMILES string of the molecule is C=BN1CCC2(CC2)[C@@H](Oc2cncc(-c3nn(C4CCCCO4)c4ccc(-c5ccccc5C#C[Si](C)(C)C)cc34)n2)C1. The van der Waals surface area contributed by atoms with Crippen LogP contribution in [-0.4, -0.2) is 72.0 Å². The molecule has 2 aromatic carbocycles. The van der Waals surface area contributed by atoms with Gasteiger partial charge in [-0.2, -0.15) is 0 Å². The van der Waals surface area contributed by atoms with Gasteiger partial charge in [0, 0.05) is 12.2 Å². The molecule has 1 spiro atoms. The Hall–Kier alpha value is -3.74. The third-order valence-corrected chi connectivity index (χ3v) is 10.1. The van der Waals surface area contributed by atoms with Gasteiger partial charge in [-0.25, -0.2) is 0 Å². The summed E-state index contributed by atoms with van der Waals surface area (Å²) in [5, 5.41) is 6.17. The van der Waals surface area contributed by atoms with Gasteiger partial charge in [0.15, 0.2) is 0 Å². The van der Waals surface area contributed by atoms with E-state index < -0.39 is 8.07 Å². The van der Waals surface area contributed by atoms with E-state index in [1.165, 1.54) is 12.8 Å². The van der Waals surface area contributed by atoms with Crippen LogP contribution in [0.3, 0.4) is 0 Å². The van der Waals surface area contributed by atoms with E-state index in [2.05, 4.69) is 89.8 Å². The Balaban J connectivity index is 1.30. The van der Waals surface area contributed by atoms with Gasteiger partial charge in [-0.1, -0.05) is 43.8 Å². The molecular formula is C35H40BN5O2Si. The standard InChI is InChI=1S/C35H40BN5O2Si/c1-36-40-18-17-35(15-16-35)31(24-40)43-32-23-37-22-29(38-32)34-28-21-26(27-10-6-5-9-25(27)14-20-44(2,3)4)12-13-30(28)41(39-34)33-11-7-8-19-42-33/h5-6,9-10,12-13,21-23,31,33H,1,7-8,11,15-19,24H2,2-4H3/t31-,33?/m0/s1. The number of hydrogen-bond acceptors (Lipinski definition) is 6. The first-order chi connectivity index (χ1) is 21.3. The Morgan fingerprint density at radius 2 is 1.95 bits per heavy atom. The Bertz CT molecular complexity index is 1760. The number of rotatable bonds is 6. The Morgan fingerprint density at radius 3 is 2.73 bits per heavy atom. The molecule has 3 fully saturated rings. The van der Waals surface area contributed by atoms with E-state index in [0.29, 0.717) is 11.6 Å². The molecule has 0 radical (unpaired) electrons. The number of nitrogens with zero attached hydrogens (tertiary/aromatic N) is 5. The molecule has 4 aromatic rings. The molecule has 2 aliphatic heterocycles. The van der Waals surface area contributed by atoms with Crippen LogP contribution in [0.25, 0.3) is 33.4 Å². The molecule has 44 heavy (non-hydrogen) atoms. The first-order valence-electron chi connectivity index (χ1n) is 15.9. The van der Waals surface area contributed by atoms with E-state index in [9.17, 15) is 0 Å². The van der Waals surface area contributed by atoms with Crippen molar-refractivity contribution in [2.45, 2.75) is 70.5 Å². The van der Waals surface area contributed by atoms with Crippen molar-refractivity contribution < 1.29 is 9.47 Å². The predicted octanol–water partition coefficient (Wildman–Crippen LogP) is 6.37. The van der Waals surface area contributed by atoms with Crippen LogP contribution in [0, 0.1) is 16.9 Å². The van der Waals surface area contributed by atoms with E-state index in [1.54, 1.807) is 12.4 Å². The van der Waals surface area contributed by atoms with E-state index in [1.807, 2.05) is 11.7 Å². The van der Waals surface area contributed by atoms with Crippen molar-refractivity contribution in [3.05, 3.63) is 60.4 Å². The number of ether oxygens (including phenoxy) is 2. The van der Waals surface area contributed by atoms with Crippen molar-refractivity contribution in [1.82, 2.24) is 24.6 Å². The van der Waals surface area contributed by atoms with Crippen molar-refractivity contribution in [3.8, 4) is 39.9 Å². The zero-order valence-corrected chi connectivity index (χ0v) is 27.1. The molecule has 9 heteroatoms. The summed E-state index contributed by atoms with van der Waals surface area (Å²) in [6, 6.07) is 15.0. The molecule has 224 valence electrons. The number of fused-ring (bicyclic) bond motifs is 1. The third kappa shape index (κ3) is 5.85. The van der Waals surface area contributed by atoms with Gasteiger partial charge >= 0.3 is 174 Å². The first kappa shape index (κ1) is 29.0. The minimum absolute atomic E-state index is 0.0733. The van der Waals surface area contributed by atoms with Crippen LogP contribution >= 0.6 is 0 Å².